The number of benzene rings is 2. The van der Waals surface area contributed by atoms with Crippen LogP contribution in [0, 0.1) is 5.82 Å². The molecule has 0 aromatic heterocycles. The van der Waals surface area contributed by atoms with E-state index in [9.17, 15) is 19.4 Å². The highest BCUT2D eigenvalue weighted by molar-refractivity contribution is 5.75. The first-order chi connectivity index (χ1) is 12.5. The molecule has 2 aromatic rings. The Morgan fingerprint density at radius 1 is 1.04 bits per heavy atom. The van der Waals surface area contributed by atoms with Crippen molar-refractivity contribution in [2.75, 3.05) is 26.2 Å². The Bertz CT molecular complexity index is 751. The molecule has 0 aliphatic carbocycles. The minimum absolute atomic E-state index is 0.116. The van der Waals surface area contributed by atoms with Gasteiger partial charge in [0.25, 0.3) is 0 Å². The standard InChI is InChI=1S/C20H23FN2O3/c21-18-5-2-1-4-16(18)14-22-10-3-11-23(13-12-22)19(20(25)26)15-6-8-17(24)9-7-15/h1-2,4-9,19,24H,3,10-14H2,(H,25,26). The van der Waals surface area contributed by atoms with Gasteiger partial charge in [0, 0.05) is 31.7 Å². The Balaban J connectivity index is 1.69. The van der Waals surface area contributed by atoms with Gasteiger partial charge in [-0.05, 0) is 36.7 Å². The molecule has 2 N–H and O–H groups in total. The fourth-order valence-corrected chi connectivity index (χ4v) is 3.44. The number of carboxylic acids is 1. The van der Waals surface area contributed by atoms with Crippen LogP contribution in [0.5, 0.6) is 5.75 Å². The summed E-state index contributed by atoms with van der Waals surface area (Å²) in [5.74, 6) is -0.996. The molecule has 3 rings (SSSR count). The number of halogens is 1. The van der Waals surface area contributed by atoms with Crippen LogP contribution in [-0.2, 0) is 11.3 Å². The highest BCUT2D eigenvalue weighted by Gasteiger charge is 2.29. The summed E-state index contributed by atoms with van der Waals surface area (Å²) in [6.07, 6.45) is 0.816. The van der Waals surface area contributed by atoms with Gasteiger partial charge in [0.2, 0.25) is 0 Å². The monoisotopic (exact) mass is 358 g/mol. The molecule has 1 aliphatic heterocycles. The zero-order valence-electron chi connectivity index (χ0n) is 14.5. The summed E-state index contributed by atoms with van der Waals surface area (Å²) in [6, 6.07) is 12.3. The van der Waals surface area contributed by atoms with Crippen molar-refractivity contribution in [2.45, 2.75) is 19.0 Å². The molecule has 0 radical (unpaired) electrons. The van der Waals surface area contributed by atoms with Gasteiger partial charge in [0.1, 0.15) is 17.6 Å². The second-order valence-electron chi connectivity index (χ2n) is 6.59. The van der Waals surface area contributed by atoms with Crippen molar-refractivity contribution in [3.8, 4) is 5.75 Å². The van der Waals surface area contributed by atoms with Crippen LogP contribution in [0.25, 0.3) is 0 Å². The zero-order chi connectivity index (χ0) is 18.5. The van der Waals surface area contributed by atoms with Gasteiger partial charge >= 0.3 is 5.97 Å². The number of rotatable bonds is 5. The second kappa shape index (κ2) is 8.29. The number of carboxylic acid groups (broad SMARTS) is 1. The average Bonchev–Trinajstić information content (AvgIpc) is 2.84. The van der Waals surface area contributed by atoms with Crippen LogP contribution >= 0.6 is 0 Å². The highest BCUT2D eigenvalue weighted by atomic mass is 19.1. The predicted molar refractivity (Wildman–Crippen MR) is 96.4 cm³/mol. The van der Waals surface area contributed by atoms with E-state index in [0.29, 0.717) is 37.3 Å². The molecule has 1 aliphatic rings. The first-order valence-corrected chi connectivity index (χ1v) is 8.76. The maximum absolute atomic E-state index is 13.9. The molecule has 0 spiro atoms. The molecule has 1 heterocycles. The van der Waals surface area contributed by atoms with E-state index < -0.39 is 12.0 Å². The lowest BCUT2D eigenvalue weighted by Crippen LogP contribution is -2.37. The molecule has 6 heteroatoms. The zero-order valence-corrected chi connectivity index (χ0v) is 14.5. The highest BCUT2D eigenvalue weighted by Crippen LogP contribution is 2.25. The number of aliphatic carboxylic acids is 1. The number of carbonyl (C=O) groups is 1. The van der Waals surface area contributed by atoms with Crippen molar-refractivity contribution < 1.29 is 19.4 Å². The molecule has 0 saturated carbocycles. The first kappa shape index (κ1) is 18.4. The van der Waals surface area contributed by atoms with Gasteiger partial charge in [-0.15, -0.1) is 0 Å². The molecule has 1 fully saturated rings. The molecule has 1 saturated heterocycles. The van der Waals surface area contributed by atoms with E-state index >= 15 is 0 Å². The van der Waals surface area contributed by atoms with E-state index in [-0.39, 0.29) is 11.6 Å². The Labute approximate surface area is 152 Å². The van der Waals surface area contributed by atoms with Gasteiger partial charge in [0.15, 0.2) is 0 Å². The number of aromatic hydroxyl groups is 1. The van der Waals surface area contributed by atoms with Crippen LogP contribution in [0.4, 0.5) is 4.39 Å². The minimum Gasteiger partial charge on any atom is -0.508 e. The van der Waals surface area contributed by atoms with Crippen molar-refractivity contribution in [1.82, 2.24) is 9.80 Å². The third-order valence-corrected chi connectivity index (χ3v) is 4.78. The number of phenols is 1. The van der Waals surface area contributed by atoms with E-state index in [1.807, 2.05) is 11.0 Å². The van der Waals surface area contributed by atoms with E-state index in [1.54, 1.807) is 24.3 Å². The number of hydrogen-bond acceptors (Lipinski definition) is 4. The van der Waals surface area contributed by atoms with Gasteiger partial charge in [-0.2, -0.15) is 0 Å². The fourth-order valence-electron chi connectivity index (χ4n) is 3.44. The summed E-state index contributed by atoms with van der Waals surface area (Å²) in [5.41, 5.74) is 1.31. The largest absolute Gasteiger partial charge is 0.508 e. The van der Waals surface area contributed by atoms with Gasteiger partial charge in [0.05, 0.1) is 0 Å². The number of phenolic OH excluding ortho intramolecular Hbond substituents is 1. The second-order valence-corrected chi connectivity index (χ2v) is 6.59. The van der Waals surface area contributed by atoms with E-state index in [4.69, 9.17) is 0 Å². The van der Waals surface area contributed by atoms with Crippen molar-refractivity contribution in [1.29, 1.82) is 0 Å². The first-order valence-electron chi connectivity index (χ1n) is 8.76. The number of nitrogens with zero attached hydrogens (tertiary/aromatic N) is 2. The fraction of sp³-hybridized carbons (Fsp3) is 0.350. The molecule has 2 aromatic carbocycles. The van der Waals surface area contributed by atoms with Crippen molar-refractivity contribution in [2.24, 2.45) is 0 Å². The Morgan fingerprint density at radius 3 is 2.46 bits per heavy atom. The van der Waals surface area contributed by atoms with Crippen LogP contribution in [-0.4, -0.2) is 52.2 Å². The van der Waals surface area contributed by atoms with Crippen LogP contribution in [0.3, 0.4) is 0 Å². The van der Waals surface area contributed by atoms with E-state index in [2.05, 4.69) is 4.90 Å². The topological polar surface area (TPSA) is 64.0 Å². The summed E-state index contributed by atoms with van der Waals surface area (Å²) in [4.78, 5) is 15.9. The van der Waals surface area contributed by atoms with E-state index in [1.165, 1.54) is 18.2 Å². The molecule has 0 amide bonds. The predicted octanol–water partition coefficient (Wildman–Crippen LogP) is 2.86. The van der Waals surface area contributed by atoms with Gasteiger partial charge in [-0.3, -0.25) is 14.6 Å². The van der Waals surface area contributed by atoms with Crippen molar-refractivity contribution in [3.05, 3.63) is 65.5 Å². The lowest BCUT2D eigenvalue weighted by Gasteiger charge is -2.28. The van der Waals surface area contributed by atoms with Crippen molar-refractivity contribution in [3.63, 3.8) is 0 Å². The van der Waals surface area contributed by atoms with Crippen LogP contribution in [0.1, 0.15) is 23.6 Å². The molecule has 1 unspecified atom stereocenters. The molecule has 26 heavy (non-hydrogen) atoms. The average molecular weight is 358 g/mol. The SMILES string of the molecule is O=C(O)C(c1ccc(O)cc1)N1CCCN(Cc2ccccc2F)CC1. The summed E-state index contributed by atoms with van der Waals surface area (Å²) < 4.78 is 13.9. The molecule has 138 valence electrons. The summed E-state index contributed by atoms with van der Waals surface area (Å²) in [7, 11) is 0. The maximum atomic E-state index is 13.9. The number of hydrogen-bond donors (Lipinski definition) is 2. The van der Waals surface area contributed by atoms with Crippen molar-refractivity contribution >= 4 is 5.97 Å². The van der Waals surface area contributed by atoms with Gasteiger partial charge < -0.3 is 10.2 Å². The van der Waals surface area contributed by atoms with Gasteiger partial charge in [-0.1, -0.05) is 30.3 Å². The lowest BCUT2D eigenvalue weighted by atomic mass is 10.0. The van der Waals surface area contributed by atoms with Crippen LogP contribution < -0.4 is 0 Å². The smallest absolute Gasteiger partial charge is 0.325 e. The minimum atomic E-state index is -0.904. The molecule has 5 nitrogen and oxygen atoms in total. The van der Waals surface area contributed by atoms with E-state index in [0.717, 1.165) is 13.0 Å². The Kier molecular flexibility index (Phi) is 5.85. The molecule has 0 bridgehead atoms. The van der Waals surface area contributed by atoms with Gasteiger partial charge in [-0.25, -0.2) is 4.39 Å². The summed E-state index contributed by atoms with van der Waals surface area (Å²) >= 11 is 0. The molecular formula is C20H23FN2O3. The summed E-state index contributed by atoms with van der Waals surface area (Å²) in [6.45, 7) is 3.25. The quantitative estimate of drug-likeness (QED) is 0.861. The van der Waals surface area contributed by atoms with Crippen LogP contribution in [0.15, 0.2) is 48.5 Å². The Morgan fingerprint density at radius 2 is 1.77 bits per heavy atom. The Hall–Kier alpha value is -2.44. The third-order valence-electron chi connectivity index (χ3n) is 4.78. The van der Waals surface area contributed by atoms with Crippen LogP contribution in [0.2, 0.25) is 0 Å². The molecule has 1 atom stereocenters. The molecular weight excluding hydrogens is 335 g/mol. The summed E-state index contributed by atoms with van der Waals surface area (Å²) in [5, 5.41) is 19.1. The lowest BCUT2D eigenvalue weighted by molar-refractivity contribution is -0.143. The third kappa shape index (κ3) is 4.39. The normalized spacial score (nSPS) is 17.6. The maximum Gasteiger partial charge on any atom is 0.325 e.